The van der Waals surface area contributed by atoms with Crippen LogP contribution in [0.15, 0.2) is 30.3 Å². The predicted molar refractivity (Wildman–Crippen MR) is 75.6 cm³/mol. The topological polar surface area (TPSA) is 38.0 Å². The molecule has 0 aliphatic rings. The van der Waals surface area contributed by atoms with Crippen LogP contribution in [-0.2, 0) is 6.18 Å². The van der Waals surface area contributed by atoms with E-state index in [0.717, 1.165) is 6.07 Å². The molecule has 2 aromatic rings. The number of nitrogens with one attached hydrogen (secondary N) is 1. The van der Waals surface area contributed by atoms with Crippen LogP contribution >= 0.6 is 23.2 Å². The van der Waals surface area contributed by atoms with E-state index in [2.05, 4.69) is 5.32 Å². The van der Waals surface area contributed by atoms with Gasteiger partial charge < -0.3 is 11.1 Å². The fourth-order valence-corrected chi connectivity index (χ4v) is 2.28. The molecule has 0 aliphatic carbocycles. The highest BCUT2D eigenvalue weighted by Gasteiger charge is 2.34. The zero-order chi connectivity index (χ0) is 15.8. The molecule has 0 aliphatic heterocycles. The van der Waals surface area contributed by atoms with Crippen molar-refractivity contribution in [2.24, 2.45) is 0 Å². The van der Waals surface area contributed by atoms with Crippen LogP contribution in [0, 0.1) is 5.82 Å². The molecule has 0 heterocycles. The summed E-state index contributed by atoms with van der Waals surface area (Å²) in [5.74, 6) is -1.36. The molecule has 0 fully saturated rings. The first kappa shape index (κ1) is 15.7. The Morgan fingerprint density at radius 3 is 2.10 bits per heavy atom. The normalized spacial score (nSPS) is 11.5. The zero-order valence-corrected chi connectivity index (χ0v) is 11.7. The summed E-state index contributed by atoms with van der Waals surface area (Å²) in [6.07, 6.45) is -4.80. The quantitative estimate of drug-likeness (QED) is 0.562. The molecule has 0 bridgehead atoms. The Morgan fingerprint density at radius 1 is 1.00 bits per heavy atom. The monoisotopic (exact) mass is 338 g/mol. The van der Waals surface area contributed by atoms with Crippen molar-refractivity contribution in [1.29, 1.82) is 0 Å². The number of benzene rings is 2. The molecule has 0 saturated carbocycles. The first-order chi connectivity index (χ1) is 9.68. The molecule has 0 amide bonds. The molecule has 2 aromatic carbocycles. The third-order valence-electron chi connectivity index (χ3n) is 2.61. The minimum absolute atomic E-state index is 0.00250. The number of nitrogens with two attached hydrogens (primary N) is 1. The van der Waals surface area contributed by atoms with E-state index in [1.165, 1.54) is 12.1 Å². The van der Waals surface area contributed by atoms with Crippen molar-refractivity contribution in [3.63, 3.8) is 0 Å². The lowest BCUT2D eigenvalue weighted by atomic mass is 10.1. The van der Waals surface area contributed by atoms with Crippen LogP contribution in [0.1, 0.15) is 5.56 Å². The predicted octanol–water partition coefficient (Wildman–Crippen LogP) is 5.48. The Labute approximate surface area is 127 Å². The summed E-state index contributed by atoms with van der Waals surface area (Å²) in [6.45, 7) is 0. The van der Waals surface area contributed by atoms with Crippen LogP contribution in [0.3, 0.4) is 0 Å². The smallest absolute Gasteiger partial charge is 0.399 e. The Bertz CT molecular complexity index is 663. The summed E-state index contributed by atoms with van der Waals surface area (Å²) in [5.41, 5.74) is 4.64. The Morgan fingerprint density at radius 2 is 1.57 bits per heavy atom. The van der Waals surface area contributed by atoms with Crippen LogP contribution in [0.4, 0.5) is 34.6 Å². The average molecular weight is 339 g/mol. The number of anilines is 3. The summed E-state index contributed by atoms with van der Waals surface area (Å²) >= 11 is 11.8. The SMILES string of the molecule is Nc1cc(Cl)c(Nc2ccc(F)c(C(F)(F)F)c2)c(Cl)c1. The summed E-state index contributed by atoms with van der Waals surface area (Å²) in [4.78, 5) is 0. The van der Waals surface area contributed by atoms with Crippen LogP contribution in [-0.4, -0.2) is 0 Å². The second-order valence-electron chi connectivity index (χ2n) is 4.18. The minimum atomic E-state index is -4.80. The van der Waals surface area contributed by atoms with Crippen molar-refractivity contribution < 1.29 is 17.6 Å². The molecule has 21 heavy (non-hydrogen) atoms. The van der Waals surface area contributed by atoms with Crippen LogP contribution in [0.5, 0.6) is 0 Å². The number of halogens is 6. The van der Waals surface area contributed by atoms with Gasteiger partial charge in [-0.25, -0.2) is 4.39 Å². The van der Waals surface area contributed by atoms with Gasteiger partial charge in [-0.3, -0.25) is 0 Å². The van der Waals surface area contributed by atoms with E-state index in [4.69, 9.17) is 28.9 Å². The Kier molecular flexibility index (Phi) is 4.20. The molecule has 0 unspecified atom stereocenters. The molecule has 2 rings (SSSR count). The van der Waals surface area contributed by atoms with Gasteiger partial charge in [0.15, 0.2) is 0 Å². The van der Waals surface area contributed by atoms with E-state index < -0.39 is 17.6 Å². The van der Waals surface area contributed by atoms with E-state index in [-0.39, 0.29) is 21.4 Å². The van der Waals surface area contributed by atoms with Crippen molar-refractivity contribution in [3.05, 3.63) is 51.8 Å². The van der Waals surface area contributed by atoms with Crippen LogP contribution in [0.2, 0.25) is 10.0 Å². The maximum atomic E-state index is 13.2. The number of rotatable bonds is 2. The lowest BCUT2D eigenvalue weighted by Crippen LogP contribution is -2.08. The van der Waals surface area contributed by atoms with Crippen molar-refractivity contribution in [2.75, 3.05) is 11.1 Å². The van der Waals surface area contributed by atoms with Gasteiger partial charge in [0.25, 0.3) is 0 Å². The molecule has 3 N–H and O–H groups in total. The Hall–Kier alpha value is -1.66. The maximum Gasteiger partial charge on any atom is 0.419 e. The molecular weight excluding hydrogens is 331 g/mol. The maximum absolute atomic E-state index is 13.2. The van der Waals surface area contributed by atoms with Gasteiger partial charge in [-0.2, -0.15) is 13.2 Å². The fourth-order valence-electron chi connectivity index (χ4n) is 1.68. The van der Waals surface area contributed by atoms with E-state index >= 15 is 0 Å². The third kappa shape index (κ3) is 3.51. The largest absolute Gasteiger partial charge is 0.419 e. The van der Waals surface area contributed by atoms with Gasteiger partial charge in [0.2, 0.25) is 0 Å². The lowest BCUT2D eigenvalue weighted by molar-refractivity contribution is -0.139. The number of hydrogen-bond acceptors (Lipinski definition) is 2. The molecule has 112 valence electrons. The standard InChI is InChI=1S/C13H8Cl2F4N2/c14-9-3-6(20)4-10(15)12(9)21-7-1-2-11(16)8(5-7)13(17,18)19/h1-5,21H,20H2. The third-order valence-corrected chi connectivity index (χ3v) is 3.20. The minimum Gasteiger partial charge on any atom is -0.399 e. The second-order valence-corrected chi connectivity index (χ2v) is 4.99. The van der Waals surface area contributed by atoms with E-state index in [0.29, 0.717) is 17.8 Å². The molecule has 8 heteroatoms. The number of nitrogen functional groups attached to an aromatic ring is 1. The van der Waals surface area contributed by atoms with Gasteiger partial charge in [0.05, 0.1) is 21.3 Å². The first-order valence-corrected chi connectivity index (χ1v) is 6.32. The summed E-state index contributed by atoms with van der Waals surface area (Å²) in [5, 5.41) is 2.90. The molecule has 0 saturated heterocycles. The van der Waals surface area contributed by atoms with Gasteiger partial charge in [0.1, 0.15) is 5.82 Å². The van der Waals surface area contributed by atoms with Crippen molar-refractivity contribution in [2.45, 2.75) is 6.18 Å². The molecule has 0 aromatic heterocycles. The molecule has 2 nitrogen and oxygen atoms in total. The zero-order valence-electron chi connectivity index (χ0n) is 10.2. The fraction of sp³-hybridized carbons (Fsp3) is 0.0769. The number of hydrogen-bond donors (Lipinski definition) is 2. The second kappa shape index (κ2) is 5.61. The van der Waals surface area contributed by atoms with Crippen molar-refractivity contribution in [3.8, 4) is 0 Å². The summed E-state index contributed by atoms with van der Waals surface area (Å²) in [7, 11) is 0. The highest BCUT2D eigenvalue weighted by Crippen LogP contribution is 2.37. The van der Waals surface area contributed by atoms with Gasteiger partial charge in [0, 0.05) is 11.4 Å². The highest BCUT2D eigenvalue weighted by atomic mass is 35.5. The van der Waals surface area contributed by atoms with Gasteiger partial charge in [-0.1, -0.05) is 23.2 Å². The average Bonchev–Trinajstić information content (AvgIpc) is 2.34. The number of alkyl halides is 3. The summed E-state index contributed by atoms with van der Waals surface area (Å²) < 4.78 is 51.1. The van der Waals surface area contributed by atoms with Crippen molar-refractivity contribution >= 4 is 40.3 Å². The highest BCUT2D eigenvalue weighted by molar-refractivity contribution is 6.39. The van der Waals surface area contributed by atoms with Crippen molar-refractivity contribution in [1.82, 2.24) is 0 Å². The van der Waals surface area contributed by atoms with E-state index in [1.54, 1.807) is 0 Å². The van der Waals surface area contributed by atoms with Gasteiger partial charge >= 0.3 is 6.18 Å². The van der Waals surface area contributed by atoms with Gasteiger partial charge in [-0.15, -0.1) is 0 Å². The molecular formula is C13H8Cl2F4N2. The van der Waals surface area contributed by atoms with E-state index in [9.17, 15) is 17.6 Å². The van der Waals surface area contributed by atoms with Crippen LogP contribution < -0.4 is 11.1 Å². The van der Waals surface area contributed by atoms with Gasteiger partial charge in [-0.05, 0) is 30.3 Å². The van der Waals surface area contributed by atoms with E-state index in [1.807, 2.05) is 0 Å². The molecule has 0 atom stereocenters. The van der Waals surface area contributed by atoms with Crippen LogP contribution in [0.25, 0.3) is 0 Å². The Balaban J connectivity index is 2.42. The first-order valence-electron chi connectivity index (χ1n) is 5.57. The lowest BCUT2D eigenvalue weighted by Gasteiger charge is -2.14. The molecule has 0 radical (unpaired) electrons. The molecule has 0 spiro atoms. The summed E-state index contributed by atoms with van der Waals surface area (Å²) in [6, 6.07) is 5.28.